The Kier molecular flexibility index (Phi) is 6.42. The quantitative estimate of drug-likeness (QED) is 0.188. The zero-order chi connectivity index (χ0) is 33.0. The summed E-state index contributed by atoms with van der Waals surface area (Å²) in [7, 11) is 0. The topological polar surface area (TPSA) is 48.5 Å². The SMILES string of the molecule is c1ccc(-c2nc(-c3ccccc3)nc(-c3ccc(-n4c5ccccc5c5ccccc54)cc3-n3c4ccccc4c4ccccc43)n2)cc1. The lowest BCUT2D eigenvalue weighted by Gasteiger charge is -2.17. The molecule has 50 heavy (non-hydrogen) atoms. The Balaban J connectivity index is 1.31. The smallest absolute Gasteiger partial charge is 0.166 e. The highest BCUT2D eigenvalue weighted by atomic mass is 15.1. The van der Waals surface area contributed by atoms with Gasteiger partial charge >= 0.3 is 0 Å². The van der Waals surface area contributed by atoms with E-state index in [2.05, 4.69) is 124 Å². The van der Waals surface area contributed by atoms with Crippen LogP contribution in [0.2, 0.25) is 0 Å². The second kappa shape index (κ2) is 11.4. The zero-order valence-electron chi connectivity index (χ0n) is 27.0. The van der Waals surface area contributed by atoms with E-state index in [-0.39, 0.29) is 0 Å². The van der Waals surface area contributed by atoms with Crippen LogP contribution < -0.4 is 0 Å². The van der Waals surface area contributed by atoms with Crippen molar-refractivity contribution in [3.8, 4) is 45.5 Å². The fourth-order valence-electron chi connectivity index (χ4n) is 7.35. The molecule has 10 aromatic rings. The van der Waals surface area contributed by atoms with Crippen molar-refractivity contribution in [3.05, 3.63) is 176 Å². The molecule has 0 spiro atoms. The van der Waals surface area contributed by atoms with Gasteiger partial charge in [-0.05, 0) is 42.5 Å². The Bertz CT molecular complexity index is 2700. The van der Waals surface area contributed by atoms with Gasteiger partial charge in [-0.2, -0.15) is 0 Å². The number of nitrogens with zero attached hydrogens (tertiary/aromatic N) is 5. The van der Waals surface area contributed by atoms with Crippen LogP contribution in [0.25, 0.3) is 89.2 Å². The number of benzene rings is 7. The fourth-order valence-corrected chi connectivity index (χ4v) is 7.35. The van der Waals surface area contributed by atoms with Crippen molar-refractivity contribution < 1.29 is 0 Å². The second-order valence-corrected chi connectivity index (χ2v) is 12.5. The fraction of sp³-hybridized carbons (Fsp3) is 0. The summed E-state index contributed by atoms with van der Waals surface area (Å²) in [6, 6.07) is 61.5. The average molecular weight is 640 g/mol. The first kappa shape index (κ1) is 28.2. The third-order valence-corrected chi connectivity index (χ3v) is 9.58. The van der Waals surface area contributed by atoms with Gasteiger partial charge < -0.3 is 9.13 Å². The van der Waals surface area contributed by atoms with Crippen LogP contribution in [0, 0.1) is 0 Å². The molecule has 0 aliphatic heterocycles. The molecule has 7 aromatic carbocycles. The van der Waals surface area contributed by atoms with Crippen LogP contribution in [0.15, 0.2) is 176 Å². The first-order valence-corrected chi connectivity index (χ1v) is 16.8. The summed E-state index contributed by atoms with van der Waals surface area (Å²) in [6.07, 6.45) is 0. The van der Waals surface area contributed by atoms with Gasteiger partial charge in [-0.1, -0.05) is 133 Å². The highest BCUT2D eigenvalue weighted by Crippen LogP contribution is 2.39. The molecule has 0 saturated heterocycles. The minimum absolute atomic E-state index is 0.614. The molecular formula is C45H29N5. The number of hydrogen-bond donors (Lipinski definition) is 0. The zero-order valence-corrected chi connectivity index (χ0v) is 27.0. The molecular weight excluding hydrogens is 611 g/mol. The van der Waals surface area contributed by atoms with Crippen molar-refractivity contribution in [2.24, 2.45) is 0 Å². The summed E-state index contributed by atoms with van der Waals surface area (Å²) in [6.45, 7) is 0. The van der Waals surface area contributed by atoms with Crippen molar-refractivity contribution >= 4 is 43.6 Å². The molecule has 0 radical (unpaired) electrons. The maximum Gasteiger partial charge on any atom is 0.166 e. The summed E-state index contributed by atoms with van der Waals surface area (Å²) < 4.78 is 4.73. The maximum absolute atomic E-state index is 5.18. The van der Waals surface area contributed by atoms with Gasteiger partial charge in [0.1, 0.15) is 0 Å². The van der Waals surface area contributed by atoms with Gasteiger partial charge in [0.05, 0.1) is 27.8 Å². The lowest BCUT2D eigenvalue weighted by molar-refractivity contribution is 1.06. The summed E-state index contributed by atoms with van der Waals surface area (Å²) in [4.78, 5) is 15.3. The minimum atomic E-state index is 0.614. The van der Waals surface area contributed by atoms with Crippen molar-refractivity contribution in [3.63, 3.8) is 0 Å². The molecule has 0 fully saturated rings. The van der Waals surface area contributed by atoms with E-state index < -0.39 is 0 Å². The second-order valence-electron chi connectivity index (χ2n) is 12.5. The van der Waals surface area contributed by atoms with Gasteiger partial charge in [0, 0.05) is 43.9 Å². The normalized spacial score (nSPS) is 11.6. The number of fused-ring (bicyclic) bond motifs is 6. The van der Waals surface area contributed by atoms with Crippen molar-refractivity contribution in [1.29, 1.82) is 0 Å². The molecule has 0 N–H and O–H groups in total. The van der Waals surface area contributed by atoms with E-state index in [9.17, 15) is 0 Å². The van der Waals surface area contributed by atoms with Gasteiger partial charge in [0.15, 0.2) is 17.5 Å². The lowest BCUT2D eigenvalue weighted by Crippen LogP contribution is -2.05. The Hall–Kier alpha value is -6.85. The van der Waals surface area contributed by atoms with E-state index in [0.717, 1.165) is 50.1 Å². The number of hydrogen-bond acceptors (Lipinski definition) is 3. The molecule has 0 unspecified atom stereocenters. The number of aromatic nitrogens is 5. The van der Waals surface area contributed by atoms with Gasteiger partial charge in [0.2, 0.25) is 0 Å². The van der Waals surface area contributed by atoms with E-state index in [0.29, 0.717) is 17.5 Å². The molecule has 10 rings (SSSR count). The van der Waals surface area contributed by atoms with Crippen LogP contribution in [0.1, 0.15) is 0 Å². The van der Waals surface area contributed by atoms with Crippen LogP contribution in [-0.2, 0) is 0 Å². The Labute approximate surface area is 288 Å². The van der Waals surface area contributed by atoms with Crippen molar-refractivity contribution in [2.75, 3.05) is 0 Å². The Morgan fingerprint density at radius 2 is 0.700 bits per heavy atom. The van der Waals surface area contributed by atoms with E-state index in [1.807, 2.05) is 60.7 Å². The van der Waals surface area contributed by atoms with Gasteiger partial charge in [0.25, 0.3) is 0 Å². The monoisotopic (exact) mass is 639 g/mol. The average Bonchev–Trinajstić information content (AvgIpc) is 3.71. The molecule has 5 heteroatoms. The molecule has 0 amide bonds. The predicted molar refractivity (Wildman–Crippen MR) is 205 cm³/mol. The molecule has 0 aliphatic carbocycles. The summed E-state index contributed by atoms with van der Waals surface area (Å²) in [5.41, 5.74) is 9.40. The number of para-hydroxylation sites is 4. The summed E-state index contributed by atoms with van der Waals surface area (Å²) in [5.74, 6) is 1.88. The Morgan fingerprint density at radius 3 is 1.16 bits per heavy atom. The molecule has 3 heterocycles. The van der Waals surface area contributed by atoms with Crippen LogP contribution in [-0.4, -0.2) is 24.1 Å². The highest BCUT2D eigenvalue weighted by molar-refractivity contribution is 6.11. The van der Waals surface area contributed by atoms with Crippen LogP contribution in [0.4, 0.5) is 0 Å². The molecule has 0 aliphatic rings. The first-order valence-electron chi connectivity index (χ1n) is 16.8. The van der Waals surface area contributed by atoms with Gasteiger partial charge in [-0.3, -0.25) is 0 Å². The third kappa shape index (κ3) is 4.45. The third-order valence-electron chi connectivity index (χ3n) is 9.58. The largest absolute Gasteiger partial charge is 0.309 e. The number of rotatable bonds is 5. The van der Waals surface area contributed by atoms with Crippen LogP contribution in [0.3, 0.4) is 0 Å². The first-order chi connectivity index (χ1) is 24.8. The lowest BCUT2D eigenvalue weighted by atomic mass is 10.1. The van der Waals surface area contributed by atoms with Gasteiger partial charge in [-0.15, -0.1) is 0 Å². The molecule has 0 saturated carbocycles. The predicted octanol–water partition coefficient (Wildman–Crippen LogP) is 11.1. The van der Waals surface area contributed by atoms with E-state index in [1.54, 1.807) is 0 Å². The van der Waals surface area contributed by atoms with Crippen molar-refractivity contribution in [2.45, 2.75) is 0 Å². The summed E-state index contributed by atoms with van der Waals surface area (Å²) >= 11 is 0. The minimum Gasteiger partial charge on any atom is -0.309 e. The standard InChI is InChI=1S/C45H29N5/c1-3-15-30(16-4-1)43-46-44(31-17-5-2-6-18-31)48-45(47-43)37-28-27-32(49-38-23-11-7-19-33(38)34-20-8-12-24-39(34)49)29-42(37)50-40-25-13-9-21-35(40)36-22-10-14-26-41(36)50/h1-29H. The highest BCUT2D eigenvalue weighted by Gasteiger charge is 2.21. The van der Waals surface area contributed by atoms with E-state index >= 15 is 0 Å². The van der Waals surface area contributed by atoms with Crippen molar-refractivity contribution in [1.82, 2.24) is 24.1 Å². The molecule has 234 valence electrons. The maximum atomic E-state index is 5.18. The molecule has 0 bridgehead atoms. The van der Waals surface area contributed by atoms with Gasteiger partial charge in [-0.25, -0.2) is 15.0 Å². The van der Waals surface area contributed by atoms with E-state index in [1.165, 1.54) is 21.5 Å². The molecule has 0 atom stereocenters. The van der Waals surface area contributed by atoms with E-state index in [4.69, 9.17) is 15.0 Å². The van der Waals surface area contributed by atoms with Crippen LogP contribution >= 0.6 is 0 Å². The molecule has 3 aromatic heterocycles. The summed E-state index contributed by atoms with van der Waals surface area (Å²) in [5, 5.41) is 4.84. The molecule has 5 nitrogen and oxygen atoms in total. The Morgan fingerprint density at radius 1 is 0.320 bits per heavy atom. The van der Waals surface area contributed by atoms with Crippen LogP contribution in [0.5, 0.6) is 0 Å².